The lowest BCUT2D eigenvalue weighted by Gasteiger charge is -2.27. The number of hydrogen-bond donors (Lipinski definition) is 1. The highest BCUT2D eigenvalue weighted by molar-refractivity contribution is 5.94. The van der Waals surface area contributed by atoms with Crippen LogP contribution in [0.25, 0.3) is 0 Å². The van der Waals surface area contributed by atoms with Crippen molar-refractivity contribution in [2.45, 2.75) is 39.0 Å². The maximum absolute atomic E-state index is 13.2. The molecule has 34 heavy (non-hydrogen) atoms. The lowest BCUT2D eigenvalue weighted by molar-refractivity contribution is 0.0942. The fourth-order valence-electron chi connectivity index (χ4n) is 4.50. The van der Waals surface area contributed by atoms with Gasteiger partial charge >= 0.3 is 0 Å². The predicted octanol–water partition coefficient (Wildman–Crippen LogP) is 2.74. The lowest BCUT2D eigenvalue weighted by atomic mass is 10.0. The Kier molecular flexibility index (Phi) is 6.49. The molecule has 5 rings (SSSR count). The molecule has 0 spiro atoms. The molecule has 8 nitrogen and oxygen atoms in total. The van der Waals surface area contributed by atoms with Crippen molar-refractivity contribution >= 4 is 5.91 Å². The van der Waals surface area contributed by atoms with E-state index in [2.05, 4.69) is 44.6 Å². The molecular weight excluding hydrogens is 426 g/mol. The normalized spacial score (nSPS) is 13.6. The average molecular weight is 456 g/mol. The Balaban J connectivity index is 1.36. The fourth-order valence-corrected chi connectivity index (χ4v) is 4.50. The van der Waals surface area contributed by atoms with Crippen molar-refractivity contribution in [3.8, 4) is 0 Å². The number of carbonyl (C=O) groups excluding carboxylic acids is 1. The second-order valence-electron chi connectivity index (χ2n) is 8.72. The average Bonchev–Trinajstić information content (AvgIpc) is 3.45. The molecule has 0 unspecified atom stereocenters. The topological polar surface area (TPSA) is 80.9 Å². The molecule has 0 saturated heterocycles. The van der Waals surface area contributed by atoms with Gasteiger partial charge in [-0.2, -0.15) is 10.2 Å². The SMILES string of the molecule is Cn1cc(CN2CCc3c(c(C(=O)NCc4ccccn4)nn3CCc3ccccc3)C2)cn1. The Morgan fingerprint density at radius 1 is 1.09 bits per heavy atom. The van der Waals surface area contributed by atoms with Crippen LogP contribution >= 0.6 is 0 Å². The van der Waals surface area contributed by atoms with Crippen LogP contribution in [0.2, 0.25) is 0 Å². The second kappa shape index (κ2) is 10.0. The summed E-state index contributed by atoms with van der Waals surface area (Å²) in [6, 6.07) is 16.1. The summed E-state index contributed by atoms with van der Waals surface area (Å²) in [6.07, 6.45) is 7.42. The number of amides is 1. The first-order valence-corrected chi connectivity index (χ1v) is 11.7. The molecule has 4 heterocycles. The van der Waals surface area contributed by atoms with Crippen molar-refractivity contribution < 1.29 is 4.79 Å². The number of fused-ring (bicyclic) bond motifs is 1. The van der Waals surface area contributed by atoms with Crippen molar-refractivity contribution in [3.63, 3.8) is 0 Å². The van der Waals surface area contributed by atoms with Crippen LogP contribution in [0.1, 0.15) is 38.6 Å². The summed E-state index contributed by atoms with van der Waals surface area (Å²) in [4.78, 5) is 19.9. The fraction of sp³-hybridized carbons (Fsp3) is 0.308. The van der Waals surface area contributed by atoms with E-state index in [0.717, 1.165) is 43.7 Å². The molecule has 0 atom stereocenters. The van der Waals surface area contributed by atoms with Gasteiger partial charge in [0.1, 0.15) is 0 Å². The summed E-state index contributed by atoms with van der Waals surface area (Å²) in [5.74, 6) is -0.149. The number of carbonyl (C=O) groups is 1. The van der Waals surface area contributed by atoms with Crippen molar-refractivity contribution in [2.75, 3.05) is 6.54 Å². The molecule has 1 N–H and O–H groups in total. The van der Waals surface area contributed by atoms with Crippen molar-refractivity contribution in [1.82, 2.24) is 34.8 Å². The van der Waals surface area contributed by atoms with E-state index in [9.17, 15) is 4.79 Å². The van der Waals surface area contributed by atoms with Crippen LogP contribution < -0.4 is 5.32 Å². The van der Waals surface area contributed by atoms with Gasteiger partial charge in [-0.1, -0.05) is 36.4 Å². The minimum Gasteiger partial charge on any atom is -0.345 e. The van der Waals surface area contributed by atoms with Gasteiger partial charge in [-0.3, -0.25) is 24.0 Å². The minimum atomic E-state index is -0.149. The van der Waals surface area contributed by atoms with Crippen LogP contribution in [-0.2, 0) is 46.1 Å². The highest BCUT2D eigenvalue weighted by Gasteiger charge is 2.28. The molecule has 0 aliphatic carbocycles. The van der Waals surface area contributed by atoms with E-state index >= 15 is 0 Å². The lowest BCUT2D eigenvalue weighted by Crippen LogP contribution is -2.32. The van der Waals surface area contributed by atoms with E-state index < -0.39 is 0 Å². The standard InChI is InChI=1S/C26H29N7O/c1-31-17-21(15-29-31)18-32-13-11-24-23(19-32)25(26(34)28-16-22-9-5-6-12-27-22)30-33(24)14-10-20-7-3-2-4-8-20/h2-9,12,15,17H,10-11,13-14,16,18-19H2,1H3,(H,28,34). The third-order valence-corrected chi connectivity index (χ3v) is 6.20. The Morgan fingerprint density at radius 2 is 1.94 bits per heavy atom. The first kappa shape index (κ1) is 22.0. The molecule has 1 aromatic carbocycles. The first-order valence-electron chi connectivity index (χ1n) is 11.7. The Bertz CT molecular complexity index is 1250. The summed E-state index contributed by atoms with van der Waals surface area (Å²) in [6.45, 7) is 3.56. The van der Waals surface area contributed by atoms with Gasteiger partial charge in [0.05, 0.1) is 18.4 Å². The van der Waals surface area contributed by atoms with E-state index in [1.54, 1.807) is 6.20 Å². The van der Waals surface area contributed by atoms with Crippen LogP contribution in [0.15, 0.2) is 67.1 Å². The van der Waals surface area contributed by atoms with Crippen LogP contribution in [0.5, 0.6) is 0 Å². The Hall–Kier alpha value is -3.78. The maximum atomic E-state index is 13.2. The van der Waals surface area contributed by atoms with Crippen molar-refractivity contribution in [1.29, 1.82) is 0 Å². The molecule has 3 aromatic heterocycles. The molecule has 0 bridgehead atoms. The number of rotatable bonds is 8. The molecule has 174 valence electrons. The van der Waals surface area contributed by atoms with E-state index in [0.29, 0.717) is 18.8 Å². The summed E-state index contributed by atoms with van der Waals surface area (Å²) in [5, 5.41) is 12.1. The predicted molar refractivity (Wildman–Crippen MR) is 129 cm³/mol. The van der Waals surface area contributed by atoms with Crippen LogP contribution in [0.3, 0.4) is 0 Å². The number of benzene rings is 1. The Labute approximate surface area is 199 Å². The summed E-state index contributed by atoms with van der Waals surface area (Å²) in [5.41, 5.74) is 5.98. The maximum Gasteiger partial charge on any atom is 0.272 e. The van der Waals surface area contributed by atoms with E-state index in [4.69, 9.17) is 5.10 Å². The quantitative estimate of drug-likeness (QED) is 0.442. The van der Waals surface area contributed by atoms with Gasteiger partial charge in [-0.15, -0.1) is 0 Å². The largest absolute Gasteiger partial charge is 0.345 e. The zero-order valence-electron chi connectivity index (χ0n) is 19.4. The molecule has 4 aromatic rings. The highest BCUT2D eigenvalue weighted by Crippen LogP contribution is 2.24. The van der Waals surface area contributed by atoms with Crippen LogP contribution in [0, 0.1) is 0 Å². The number of aryl methyl sites for hydroxylation is 3. The van der Waals surface area contributed by atoms with E-state index in [1.807, 2.05) is 53.1 Å². The highest BCUT2D eigenvalue weighted by atomic mass is 16.2. The number of nitrogens with one attached hydrogen (secondary N) is 1. The van der Waals surface area contributed by atoms with Gasteiger partial charge in [0.15, 0.2) is 5.69 Å². The van der Waals surface area contributed by atoms with Crippen molar-refractivity contribution in [3.05, 3.63) is 101 Å². The molecule has 0 fully saturated rings. The van der Waals surface area contributed by atoms with Gasteiger partial charge in [0, 0.05) is 68.9 Å². The number of nitrogens with zero attached hydrogens (tertiary/aromatic N) is 6. The minimum absolute atomic E-state index is 0.149. The van der Waals surface area contributed by atoms with Gasteiger partial charge < -0.3 is 5.32 Å². The number of aromatic nitrogens is 5. The van der Waals surface area contributed by atoms with Crippen molar-refractivity contribution in [2.24, 2.45) is 7.05 Å². The van der Waals surface area contributed by atoms with Gasteiger partial charge in [0.25, 0.3) is 5.91 Å². The van der Waals surface area contributed by atoms with Gasteiger partial charge in [0.2, 0.25) is 0 Å². The smallest absolute Gasteiger partial charge is 0.272 e. The molecule has 8 heteroatoms. The molecule has 1 amide bonds. The summed E-state index contributed by atoms with van der Waals surface area (Å²) in [7, 11) is 1.93. The third-order valence-electron chi connectivity index (χ3n) is 6.20. The zero-order chi connectivity index (χ0) is 23.3. The van der Waals surface area contributed by atoms with E-state index in [1.165, 1.54) is 16.8 Å². The molecule has 0 saturated carbocycles. The monoisotopic (exact) mass is 455 g/mol. The third kappa shape index (κ3) is 5.07. The summed E-state index contributed by atoms with van der Waals surface area (Å²) >= 11 is 0. The molecule has 0 radical (unpaired) electrons. The number of pyridine rings is 1. The molecule has 1 aliphatic heterocycles. The first-order chi connectivity index (χ1) is 16.7. The molecule has 1 aliphatic rings. The van der Waals surface area contributed by atoms with E-state index in [-0.39, 0.29) is 5.91 Å². The van der Waals surface area contributed by atoms with Crippen LogP contribution in [-0.4, -0.2) is 41.9 Å². The van der Waals surface area contributed by atoms with Crippen LogP contribution in [0.4, 0.5) is 0 Å². The number of hydrogen-bond acceptors (Lipinski definition) is 5. The summed E-state index contributed by atoms with van der Waals surface area (Å²) < 4.78 is 3.86. The second-order valence-corrected chi connectivity index (χ2v) is 8.72. The molecular formula is C26H29N7O. The van der Waals surface area contributed by atoms with Gasteiger partial charge in [-0.25, -0.2) is 0 Å². The van der Waals surface area contributed by atoms with Gasteiger partial charge in [-0.05, 0) is 24.1 Å². The Morgan fingerprint density at radius 3 is 2.71 bits per heavy atom. The zero-order valence-corrected chi connectivity index (χ0v) is 19.4.